The van der Waals surface area contributed by atoms with E-state index in [-0.39, 0.29) is 16.5 Å². The Balaban J connectivity index is 2.07. The van der Waals surface area contributed by atoms with Gasteiger partial charge in [-0.2, -0.15) is 13.2 Å². The number of para-hydroxylation sites is 1. The molecule has 128 valence electrons. The topological polar surface area (TPSA) is 36.4 Å². The highest BCUT2D eigenvalue weighted by molar-refractivity contribution is 6.00. The van der Waals surface area contributed by atoms with Crippen LogP contribution < -0.4 is 0 Å². The van der Waals surface area contributed by atoms with Crippen molar-refractivity contribution in [3.8, 4) is 0 Å². The number of carbonyl (C=O) groups is 1. The van der Waals surface area contributed by atoms with Gasteiger partial charge in [0.1, 0.15) is 0 Å². The molecule has 0 bridgehead atoms. The lowest BCUT2D eigenvalue weighted by Gasteiger charge is -2.23. The van der Waals surface area contributed by atoms with Crippen LogP contribution in [0.15, 0.2) is 30.5 Å². The van der Waals surface area contributed by atoms with Gasteiger partial charge in [-0.25, -0.2) is 0 Å². The van der Waals surface area contributed by atoms with Gasteiger partial charge in [-0.05, 0) is 26.1 Å². The number of fused-ring (bicyclic) bond motifs is 1. The highest BCUT2D eigenvalue weighted by atomic mass is 19.4. The maximum Gasteiger partial charge on any atom is 0.417 e. The molecule has 24 heavy (non-hydrogen) atoms. The molecule has 7 heteroatoms. The van der Waals surface area contributed by atoms with Gasteiger partial charge in [0.2, 0.25) is 0 Å². The Morgan fingerprint density at radius 1 is 1.12 bits per heavy atom. The normalized spacial score (nSPS) is 17.1. The molecule has 2 aromatic rings. The number of hydrogen-bond acceptors (Lipinski definition) is 3. The second kappa shape index (κ2) is 6.39. The van der Waals surface area contributed by atoms with Gasteiger partial charge in [-0.3, -0.25) is 9.78 Å². The second-order valence-corrected chi connectivity index (χ2v) is 6.01. The lowest BCUT2D eigenvalue weighted by molar-refractivity contribution is -0.136. The van der Waals surface area contributed by atoms with E-state index in [0.29, 0.717) is 19.6 Å². The molecule has 2 heterocycles. The minimum Gasteiger partial charge on any atom is -0.337 e. The molecule has 3 rings (SSSR count). The van der Waals surface area contributed by atoms with Crippen molar-refractivity contribution in [2.45, 2.75) is 12.6 Å². The average Bonchev–Trinajstić information content (AvgIpc) is 2.76. The highest BCUT2D eigenvalue weighted by Gasteiger charge is 2.38. The van der Waals surface area contributed by atoms with Crippen LogP contribution in [-0.2, 0) is 6.18 Å². The Labute approximate surface area is 137 Å². The minimum absolute atomic E-state index is 0.0391. The van der Waals surface area contributed by atoms with Crippen LogP contribution in [0.2, 0.25) is 0 Å². The van der Waals surface area contributed by atoms with Gasteiger partial charge < -0.3 is 9.80 Å². The number of carbonyl (C=O) groups excluding carboxylic acids is 1. The molecule has 0 radical (unpaired) electrons. The first-order valence-electron chi connectivity index (χ1n) is 7.80. The number of pyridine rings is 1. The molecule has 1 aliphatic heterocycles. The molecule has 1 aliphatic rings. The zero-order valence-electron chi connectivity index (χ0n) is 13.3. The molecule has 0 unspecified atom stereocenters. The smallest absolute Gasteiger partial charge is 0.337 e. The molecular formula is C17H18F3N3O. The Kier molecular flexibility index (Phi) is 4.45. The summed E-state index contributed by atoms with van der Waals surface area (Å²) in [7, 11) is 1.94. The minimum atomic E-state index is -4.61. The Hall–Kier alpha value is -2.15. The summed E-state index contributed by atoms with van der Waals surface area (Å²) in [4.78, 5) is 20.3. The van der Waals surface area contributed by atoms with Crippen molar-refractivity contribution >= 4 is 16.8 Å². The van der Waals surface area contributed by atoms with E-state index in [0.717, 1.165) is 19.2 Å². The molecule has 0 atom stereocenters. The lowest BCUT2D eigenvalue weighted by atomic mass is 10.0. The molecule has 1 aromatic carbocycles. The van der Waals surface area contributed by atoms with Crippen LogP contribution in [0, 0.1) is 0 Å². The summed E-state index contributed by atoms with van der Waals surface area (Å²) in [6.07, 6.45) is -2.82. The fourth-order valence-corrected chi connectivity index (χ4v) is 3.03. The monoisotopic (exact) mass is 337 g/mol. The van der Waals surface area contributed by atoms with E-state index in [2.05, 4.69) is 9.88 Å². The van der Waals surface area contributed by atoms with Gasteiger partial charge >= 0.3 is 6.18 Å². The summed E-state index contributed by atoms with van der Waals surface area (Å²) in [5, 5.41) is -0.0391. The summed E-state index contributed by atoms with van der Waals surface area (Å²) in [6, 6.07) is 6.02. The maximum atomic E-state index is 13.6. The van der Waals surface area contributed by atoms with Crippen molar-refractivity contribution in [2.24, 2.45) is 0 Å². The Morgan fingerprint density at radius 3 is 2.62 bits per heavy atom. The summed E-state index contributed by atoms with van der Waals surface area (Å²) in [6.45, 7) is 2.34. The predicted molar refractivity (Wildman–Crippen MR) is 84.8 cm³/mol. The van der Waals surface area contributed by atoms with Gasteiger partial charge in [-0.1, -0.05) is 18.2 Å². The molecular weight excluding hydrogens is 319 g/mol. The van der Waals surface area contributed by atoms with E-state index in [1.54, 1.807) is 6.07 Å². The van der Waals surface area contributed by atoms with Crippen LogP contribution >= 0.6 is 0 Å². The number of aromatic nitrogens is 1. The lowest BCUT2D eigenvalue weighted by Crippen LogP contribution is -2.35. The fraction of sp³-hybridized carbons (Fsp3) is 0.412. The molecule has 0 spiro atoms. The van der Waals surface area contributed by atoms with Crippen LogP contribution in [0.5, 0.6) is 0 Å². The zero-order chi connectivity index (χ0) is 17.3. The van der Waals surface area contributed by atoms with Crippen LogP contribution in [-0.4, -0.2) is 53.9 Å². The number of halogens is 3. The van der Waals surface area contributed by atoms with E-state index >= 15 is 0 Å². The van der Waals surface area contributed by atoms with Crippen molar-refractivity contribution in [1.82, 2.24) is 14.8 Å². The van der Waals surface area contributed by atoms with Crippen molar-refractivity contribution in [3.63, 3.8) is 0 Å². The number of benzene rings is 1. The standard InChI is InChI=1S/C17H18F3N3O/c1-22-7-4-8-23(10-9-22)16(24)13-11-21-14-6-3-2-5-12(14)15(13)17(18,19)20/h2-3,5-6,11H,4,7-10H2,1H3. The average molecular weight is 337 g/mol. The van der Waals surface area contributed by atoms with E-state index in [9.17, 15) is 18.0 Å². The van der Waals surface area contributed by atoms with Crippen molar-refractivity contribution in [1.29, 1.82) is 0 Å². The van der Waals surface area contributed by atoms with Gasteiger partial charge in [0.25, 0.3) is 5.91 Å². The molecule has 4 nitrogen and oxygen atoms in total. The predicted octanol–water partition coefficient (Wildman–Crippen LogP) is 3.03. The number of alkyl halides is 3. The second-order valence-electron chi connectivity index (χ2n) is 6.01. The van der Waals surface area contributed by atoms with E-state index in [1.165, 1.54) is 23.1 Å². The number of likely N-dealkylation sites (N-methyl/N-ethyl adjacent to an activating group) is 1. The van der Waals surface area contributed by atoms with Crippen LogP contribution in [0.4, 0.5) is 13.2 Å². The third kappa shape index (κ3) is 3.21. The summed E-state index contributed by atoms with van der Waals surface area (Å²) in [5.41, 5.74) is -1.03. The van der Waals surface area contributed by atoms with Crippen LogP contribution in [0.25, 0.3) is 10.9 Å². The zero-order valence-corrected chi connectivity index (χ0v) is 13.3. The third-order valence-corrected chi connectivity index (χ3v) is 4.30. The molecule has 1 aromatic heterocycles. The summed E-state index contributed by atoms with van der Waals surface area (Å²) >= 11 is 0. The van der Waals surface area contributed by atoms with Crippen molar-refractivity contribution < 1.29 is 18.0 Å². The largest absolute Gasteiger partial charge is 0.417 e. The fourth-order valence-electron chi connectivity index (χ4n) is 3.03. The van der Waals surface area contributed by atoms with Crippen molar-refractivity contribution in [3.05, 3.63) is 41.6 Å². The molecule has 0 N–H and O–H groups in total. The van der Waals surface area contributed by atoms with Gasteiger partial charge in [0, 0.05) is 31.2 Å². The SMILES string of the molecule is CN1CCCN(C(=O)c2cnc3ccccc3c2C(F)(F)F)CC1. The quantitative estimate of drug-likeness (QED) is 0.803. The first kappa shape index (κ1) is 16.7. The number of amides is 1. The van der Waals surface area contributed by atoms with Gasteiger partial charge in [0.05, 0.1) is 16.6 Å². The molecule has 0 saturated carbocycles. The van der Waals surface area contributed by atoms with E-state index in [4.69, 9.17) is 0 Å². The van der Waals surface area contributed by atoms with Crippen molar-refractivity contribution in [2.75, 3.05) is 33.2 Å². The van der Waals surface area contributed by atoms with Crippen LogP contribution in [0.1, 0.15) is 22.3 Å². The first-order chi connectivity index (χ1) is 11.4. The first-order valence-corrected chi connectivity index (χ1v) is 7.80. The third-order valence-electron chi connectivity index (χ3n) is 4.30. The van der Waals surface area contributed by atoms with Gasteiger partial charge in [0.15, 0.2) is 0 Å². The molecule has 0 aliphatic carbocycles. The number of rotatable bonds is 1. The highest BCUT2D eigenvalue weighted by Crippen LogP contribution is 2.37. The number of hydrogen-bond donors (Lipinski definition) is 0. The van der Waals surface area contributed by atoms with E-state index in [1.807, 2.05) is 7.05 Å². The Bertz CT molecular complexity index is 760. The van der Waals surface area contributed by atoms with Crippen LogP contribution in [0.3, 0.4) is 0 Å². The maximum absolute atomic E-state index is 13.6. The summed E-state index contributed by atoms with van der Waals surface area (Å²) < 4.78 is 40.9. The summed E-state index contributed by atoms with van der Waals surface area (Å²) in [5.74, 6) is -0.601. The molecule has 1 fully saturated rings. The molecule has 1 amide bonds. The van der Waals surface area contributed by atoms with Gasteiger partial charge in [-0.15, -0.1) is 0 Å². The van der Waals surface area contributed by atoms with E-state index < -0.39 is 17.6 Å². The number of nitrogens with zero attached hydrogens (tertiary/aromatic N) is 3. The Morgan fingerprint density at radius 2 is 1.88 bits per heavy atom. The molecule has 1 saturated heterocycles.